The molecule has 23 heavy (non-hydrogen) atoms. The molecule has 1 spiro atoms. The Morgan fingerprint density at radius 2 is 2.13 bits per heavy atom. The minimum absolute atomic E-state index is 0. The maximum Gasteiger partial charge on any atom is 0.224 e. The molecule has 0 radical (unpaired) electrons. The molecular formula is C19H27ClN2O. The van der Waals surface area contributed by atoms with Crippen LogP contribution in [0.5, 0.6) is 0 Å². The number of rotatable bonds is 4. The van der Waals surface area contributed by atoms with E-state index < -0.39 is 0 Å². The van der Waals surface area contributed by atoms with Crippen molar-refractivity contribution >= 4 is 18.3 Å². The lowest BCUT2D eigenvalue weighted by Crippen LogP contribution is -2.54. The van der Waals surface area contributed by atoms with E-state index in [2.05, 4.69) is 36.5 Å². The summed E-state index contributed by atoms with van der Waals surface area (Å²) >= 11 is 0. The third-order valence-electron chi connectivity index (χ3n) is 6.33. The summed E-state index contributed by atoms with van der Waals surface area (Å²) < 4.78 is 0. The number of hydrogen-bond acceptors (Lipinski definition) is 2. The molecule has 0 aliphatic heterocycles. The summed E-state index contributed by atoms with van der Waals surface area (Å²) in [5, 5.41) is 3.31. The van der Waals surface area contributed by atoms with Crippen LogP contribution in [0.3, 0.4) is 0 Å². The smallest absolute Gasteiger partial charge is 0.224 e. The van der Waals surface area contributed by atoms with Crippen molar-refractivity contribution in [2.45, 2.75) is 56.4 Å². The highest BCUT2D eigenvalue weighted by atomic mass is 35.5. The maximum atomic E-state index is 12.8. The fraction of sp³-hybridized carbons (Fsp3) is 0.632. The third kappa shape index (κ3) is 2.68. The van der Waals surface area contributed by atoms with E-state index >= 15 is 0 Å². The number of carbonyl (C=O) groups excluding carboxylic acids is 1. The quantitative estimate of drug-likeness (QED) is 0.889. The van der Waals surface area contributed by atoms with Crippen LogP contribution in [-0.4, -0.2) is 18.0 Å². The summed E-state index contributed by atoms with van der Waals surface area (Å²) in [6.45, 7) is 2.66. The van der Waals surface area contributed by atoms with Gasteiger partial charge in [-0.15, -0.1) is 12.4 Å². The van der Waals surface area contributed by atoms with Gasteiger partial charge in [0.1, 0.15) is 0 Å². The van der Waals surface area contributed by atoms with Crippen molar-refractivity contribution in [2.75, 3.05) is 6.54 Å². The summed E-state index contributed by atoms with van der Waals surface area (Å²) in [6, 6.07) is 8.71. The highest BCUT2D eigenvalue weighted by Gasteiger charge is 2.60. The van der Waals surface area contributed by atoms with Crippen LogP contribution in [0.4, 0.5) is 0 Å². The van der Waals surface area contributed by atoms with Gasteiger partial charge in [0.15, 0.2) is 0 Å². The van der Waals surface area contributed by atoms with Crippen molar-refractivity contribution in [3.8, 4) is 0 Å². The summed E-state index contributed by atoms with van der Waals surface area (Å²) in [5.74, 6) is 0.963. The Kier molecular flexibility index (Phi) is 4.22. The predicted octanol–water partition coefficient (Wildman–Crippen LogP) is 2.95. The topological polar surface area (TPSA) is 55.1 Å². The van der Waals surface area contributed by atoms with E-state index in [0.29, 0.717) is 12.5 Å². The standard InChI is InChI=1S/C19H26N2O.ClH/c1-18(12-20,14-8-9-14)21-17(22)16-11-19(16)10-4-6-13-5-2-3-7-15(13)19;/h2-3,5,7,14,16H,4,6,8-12,20H2,1H3,(H,21,22);1H. The summed E-state index contributed by atoms with van der Waals surface area (Å²) in [7, 11) is 0. The van der Waals surface area contributed by atoms with E-state index in [9.17, 15) is 4.79 Å². The molecule has 0 aromatic heterocycles. The Morgan fingerprint density at radius 1 is 1.39 bits per heavy atom. The highest BCUT2D eigenvalue weighted by Crippen LogP contribution is 2.60. The van der Waals surface area contributed by atoms with E-state index in [1.54, 1.807) is 0 Å². The average Bonchev–Trinajstić information content (AvgIpc) is 3.42. The Hall–Kier alpha value is -1.06. The molecule has 0 heterocycles. The van der Waals surface area contributed by atoms with E-state index in [4.69, 9.17) is 5.73 Å². The molecule has 1 amide bonds. The Bertz CT molecular complexity index is 615. The van der Waals surface area contributed by atoms with E-state index in [-0.39, 0.29) is 35.2 Å². The molecule has 1 aromatic carbocycles. The van der Waals surface area contributed by atoms with Gasteiger partial charge < -0.3 is 11.1 Å². The monoisotopic (exact) mass is 334 g/mol. The lowest BCUT2D eigenvalue weighted by molar-refractivity contribution is -0.124. The molecule has 3 aliphatic carbocycles. The van der Waals surface area contributed by atoms with Crippen LogP contribution in [0, 0.1) is 11.8 Å². The molecular weight excluding hydrogens is 308 g/mol. The van der Waals surface area contributed by atoms with E-state index in [1.165, 1.54) is 30.4 Å². The fourth-order valence-corrected chi connectivity index (χ4v) is 4.58. The molecule has 4 rings (SSSR count). The molecule has 4 heteroatoms. The van der Waals surface area contributed by atoms with Crippen LogP contribution >= 0.6 is 12.4 Å². The normalized spacial score (nSPS) is 30.8. The minimum Gasteiger partial charge on any atom is -0.349 e. The molecule has 2 saturated carbocycles. The van der Waals surface area contributed by atoms with Gasteiger partial charge in [-0.1, -0.05) is 24.3 Å². The van der Waals surface area contributed by atoms with Gasteiger partial charge in [0, 0.05) is 17.9 Å². The lowest BCUT2D eigenvalue weighted by Gasteiger charge is -2.31. The Labute approximate surface area is 144 Å². The lowest BCUT2D eigenvalue weighted by atomic mass is 9.78. The number of aryl methyl sites for hydroxylation is 1. The number of nitrogens with one attached hydrogen (secondary N) is 1. The van der Waals surface area contributed by atoms with Crippen molar-refractivity contribution in [1.82, 2.24) is 5.32 Å². The molecule has 3 N–H and O–H groups in total. The number of nitrogens with two attached hydrogens (primary N) is 1. The first-order chi connectivity index (χ1) is 10.6. The van der Waals surface area contributed by atoms with Gasteiger partial charge in [-0.3, -0.25) is 4.79 Å². The van der Waals surface area contributed by atoms with Gasteiger partial charge in [0.25, 0.3) is 0 Å². The molecule has 3 aliphatic rings. The van der Waals surface area contributed by atoms with Crippen molar-refractivity contribution in [2.24, 2.45) is 17.6 Å². The molecule has 126 valence electrons. The van der Waals surface area contributed by atoms with Crippen LogP contribution in [0.1, 0.15) is 50.2 Å². The second-order valence-electron chi connectivity index (χ2n) is 7.81. The number of fused-ring (bicyclic) bond motifs is 2. The number of carbonyl (C=O) groups is 1. The fourth-order valence-electron chi connectivity index (χ4n) is 4.58. The molecule has 3 atom stereocenters. The SMILES string of the molecule is CC(CN)(NC(=O)C1CC12CCCc1ccccc12)C1CC1.Cl. The van der Waals surface area contributed by atoms with Crippen LogP contribution in [-0.2, 0) is 16.6 Å². The third-order valence-corrected chi connectivity index (χ3v) is 6.33. The minimum atomic E-state index is -0.199. The molecule has 0 bridgehead atoms. The molecule has 2 fully saturated rings. The Balaban J connectivity index is 0.00000156. The van der Waals surface area contributed by atoms with Crippen molar-refractivity contribution in [3.63, 3.8) is 0 Å². The van der Waals surface area contributed by atoms with E-state index in [0.717, 1.165) is 19.3 Å². The summed E-state index contributed by atoms with van der Waals surface area (Å²) in [5.41, 5.74) is 8.76. The van der Waals surface area contributed by atoms with E-state index in [1.807, 2.05) is 0 Å². The van der Waals surface area contributed by atoms with Gasteiger partial charge in [-0.25, -0.2) is 0 Å². The number of amides is 1. The molecule has 3 unspecified atom stereocenters. The highest BCUT2D eigenvalue weighted by molar-refractivity contribution is 5.85. The largest absolute Gasteiger partial charge is 0.349 e. The molecule has 0 saturated heterocycles. The summed E-state index contributed by atoms with van der Waals surface area (Å²) in [6.07, 6.45) is 6.94. The summed E-state index contributed by atoms with van der Waals surface area (Å²) in [4.78, 5) is 12.8. The number of benzene rings is 1. The maximum absolute atomic E-state index is 12.8. The first-order valence-corrected chi connectivity index (χ1v) is 8.69. The van der Waals surface area contributed by atoms with Gasteiger partial charge in [-0.2, -0.15) is 0 Å². The number of hydrogen-bond donors (Lipinski definition) is 2. The van der Waals surface area contributed by atoms with Crippen LogP contribution in [0.2, 0.25) is 0 Å². The van der Waals surface area contributed by atoms with Crippen molar-refractivity contribution in [1.29, 1.82) is 0 Å². The van der Waals surface area contributed by atoms with Crippen LogP contribution in [0.25, 0.3) is 0 Å². The molecule has 1 aromatic rings. The van der Waals surface area contributed by atoms with Crippen molar-refractivity contribution < 1.29 is 4.79 Å². The second kappa shape index (κ2) is 5.78. The van der Waals surface area contributed by atoms with Gasteiger partial charge in [0.2, 0.25) is 5.91 Å². The second-order valence-corrected chi connectivity index (χ2v) is 7.81. The molecule has 3 nitrogen and oxygen atoms in total. The van der Waals surface area contributed by atoms with Crippen molar-refractivity contribution in [3.05, 3.63) is 35.4 Å². The predicted molar refractivity (Wildman–Crippen MR) is 94.7 cm³/mol. The zero-order valence-corrected chi connectivity index (χ0v) is 14.6. The zero-order valence-electron chi connectivity index (χ0n) is 13.8. The van der Waals surface area contributed by atoms with Gasteiger partial charge >= 0.3 is 0 Å². The van der Waals surface area contributed by atoms with Crippen LogP contribution < -0.4 is 11.1 Å². The first kappa shape index (κ1) is 16.8. The van der Waals surface area contributed by atoms with Gasteiger partial charge in [-0.05, 0) is 62.5 Å². The van der Waals surface area contributed by atoms with Gasteiger partial charge in [0.05, 0.1) is 5.54 Å². The average molecular weight is 335 g/mol. The Morgan fingerprint density at radius 3 is 2.83 bits per heavy atom. The van der Waals surface area contributed by atoms with Crippen LogP contribution in [0.15, 0.2) is 24.3 Å². The number of halogens is 1. The zero-order chi connectivity index (χ0) is 15.4. The first-order valence-electron chi connectivity index (χ1n) is 8.69.